The van der Waals surface area contributed by atoms with Gasteiger partial charge in [0, 0.05) is 6.07 Å². The molecule has 0 N–H and O–H groups in total. The van der Waals surface area contributed by atoms with Crippen LogP contribution >= 0.6 is 0 Å². The molecule has 10 heteroatoms. The molecular formula is C15H5F5N2O3. The maximum Gasteiger partial charge on any atom is 0.434 e. The number of ketones is 1. The number of ether oxygens (including phenoxy) is 2. The maximum atomic E-state index is 13.5. The monoisotopic (exact) mass is 356 g/mol. The third-order valence-electron chi connectivity index (χ3n) is 3.17. The summed E-state index contributed by atoms with van der Waals surface area (Å²) in [5, 5.41) is 8.77. The normalized spacial score (nSPS) is 16.2. The van der Waals surface area contributed by atoms with Gasteiger partial charge in [-0.1, -0.05) is 0 Å². The lowest BCUT2D eigenvalue weighted by Gasteiger charge is -2.13. The van der Waals surface area contributed by atoms with Gasteiger partial charge >= 0.3 is 12.5 Å². The molecule has 1 aliphatic rings. The van der Waals surface area contributed by atoms with E-state index in [-0.39, 0.29) is 11.3 Å². The second-order valence-corrected chi connectivity index (χ2v) is 4.86. The summed E-state index contributed by atoms with van der Waals surface area (Å²) in [7, 11) is 0. The first kappa shape index (κ1) is 16.6. The van der Waals surface area contributed by atoms with Crippen LogP contribution in [0.5, 0.6) is 17.2 Å². The van der Waals surface area contributed by atoms with Crippen LogP contribution in [-0.4, -0.2) is 17.1 Å². The second-order valence-electron chi connectivity index (χ2n) is 4.86. The van der Waals surface area contributed by atoms with Crippen LogP contribution < -0.4 is 9.47 Å². The molecule has 5 nitrogen and oxygen atoms in total. The van der Waals surface area contributed by atoms with Crippen molar-refractivity contribution in [2.45, 2.75) is 12.5 Å². The number of alkyl halides is 4. The largest absolute Gasteiger partial charge is 0.452 e. The van der Waals surface area contributed by atoms with Gasteiger partial charge in [0.15, 0.2) is 17.2 Å². The van der Waals surface area contributed by atoms with Crippen molar-refractivity contribution in [2.75, 3.05) is 0 Å². The number of aromatic nitrogens is 1. The summed E-state index contributed by atoms with van der Waals surface area (Å²) < 4.78 is 75.3. The van der Waals surface area contributed by atoms with Crippen LogP contribution in [0.4, 0.5) is 22.0 Å². The average Bonchev–Trinajstić information content (AvgIpc) is 2.82. The smallest absolute Gasteiger partial charge is 0.434 e. The van der Waals surface area contributed by atoms with E-state index in [1.165, 1.54) is 0 Å². The summed E-state index contributed by atoms with van der Waals surface area (Å²) >= 11 is 0. The summed E-state index contributed by atoms with van der Waals surface area (Å²) in [5.74, 6) is -3.96. The summed E-state index contributed by atoms with van der Waals surface area (Å²) in [5.41, 5.74) is -2.83. The van der Waals surface area contributed by atoms with Crippen molar-refractivity contribution in [1.29, 1.82) is 5.26 Å². The van der Waals surface area contributed by atoms with Crippen LogP contribution in [0.25, 0.3) is 0 Å². The van der Waals surface area contributed by atoms with Gasteiger partial charge in [-0.15, -0.1) is 0 Å². The molecule has 0 bridgehead atoms. The van der Waals surface area contributed by atoms with Gasteiger partial charge in [-0.3, -0.25) is 4.79 Å². The highest BCUT2D eigenvalue weighted by Crippen LogP contribution is 2.45. The number of rotatable bonds is 2. The number of carbonyl (C=O) groups is 1. The van der Waals surface area contributed by atoms with Crippen molar-refractivity contribution in [3.05, 3.63) is 47.0 Å². The van der Waals surface area contributed by atoms with Gasteiger partial charge in [0.05, 0.1) is 17.8 Å². The van der Waals surface area contributed by atoms with Crippen LogP contribution in [0.15, 0.2) is 24.4 Å². The fraction of sp³-hybridized carbons (Fsp3) is 0.133. The molecule has 0 amide bonds. The summed E-state index contributed by atoms with van der Waals surface area (Å²) in [6.45, 7) is 0. The standard InChI is InChI=1S/C15H5F5N2O3/c16-7-1-6(4-21)2-8(3-7)24-9-5-22-13(15(18,19)20)10-11(23)14(17)25-12(9)10/h1-3,5,14H. The molecule has 0 saturated carbocycles. The fourth-order valence-electron chi connectivity index (χ4n) is 2.19. The van der Waals surface area contributed by atoms with E-state index in [0.717, 1.165) is 18.2 Å². The molecule has 1 unspecified atom stereocenters. The number of carbonyl (C=O) groups excluding carboxylic acids is 1. The number of halogens is 5. The Morgan fingerprint density at radius 1 is 1.28 bits per heavy atom. The minimum atomic E-state index is -5.02. The molecule has 0 aliphatic carbocycles. The van der Waals surface area contributed by atoms with Crippen LogP contribution in [0.3, 0.4) is 0 Å². The lowest BCUT2D eigenvalue weighted by Crippen LogP contribution is -2.17. The van der Waals surface area contributed by atoms with Crippen molar-refractivity contribution >= 4 is 5.78 Å². The van der Waals surface area contributed by atoms with Crippen LogP contribution in [-0.2, 0) is 6.18 Å². The minimum Gasteiger partial charge on any atom is -0.452 e. The zero-order valence-corrected chi connectivity index (χ0v) is 11.9. The molecule has 0 fully saturated rings. The molecule has 2 aromatic rings. The number of pyridine rings is 1. The van der Waals surface area contributed by atoms with Crippen LogP contribution in [0.1, 0.15) is 21.6 Å². The first-order valence-electron chi connectivity index (χ1n) is 6.54. The number of Topliss-reactive ketones (excluding diaryl/α,β-unsaturated/α-hetero) is 1. The third kappa shape index (κ3) is 2.96. The summed E-state index contributed by atoms with van der Waals surface area (Å²) in [6, 6.07) is 4.50. The quantitative estimate of drug-likeness (QED) is 0.766. The first-order valence-corrected chi connectivity index (χ1v) is 6.54. The zero-order valence-electron chi connectivity index (χ0n) is 11.9. The van der Waals surface area contributed by atoms with Crippen LogP contribution in [0, 0.1) is 17.1 Å². The number of benzene rings is 1. The van der Waals surface area contributed by atoms with Gasteiger partial charge in [-0.2, -0.15) is 22.8 Å². The van der Waals surface area contributed by atoms with Crippen molar-refractivity contribution in [3.63, 3.8) is 0 Å². The Morgan fingerprint density at radius 2 is 2.00 bits per heavy atom. The Bertz CT molecular complexity index is 921. The lowest BCUT2D eigenvalue weighted by atomic mass is 10.1. The van der Waals surface area contributed by atoms with E-state index in [0.29, 0.717) is 6.20 Å². The Labute approximate surface area is 136 Å². The van der Waals surface area contributed by atoms with Gasteiger partial charge in [0.2, 0.25) is 5.78 Å². The average molecular weight is 356 g/mol. The predicted molar refractivity (Wildman–Crippen MR) is 70.3 cm³/mol. The number of fused-ring (bicyclic) bond motifs is 1. The molecule has 0 saturated heterocycles. The van der Waals surface area contributed by atoms with Gasteiger partial charge in [0.1, 0.15) is 17.1 Å². The highest BCUT2D eigenvalue weighted by Gasteiger charge is 2.46. The number of hydrogen-bond donors (Lipinski definition) is 0. The fourth-order valence-corrected chi connectivity index (χ4v) is 2.19. The van der Waals surface area contributed by atoms with E-state index in [4.69, 9.17) is 10.00 Å². The van der Waals surface area contributed by atoms with E-state index in [1.807, 2.05) is 0 Å². The highest BCUT2D eigenvalue weighted by molar-refractivity contribution is 6.05. The highest BCUT2D eigenvalue weighted by atomic mass is 19.4. The molecule has 0 spiro atoms. The van der Waals surface area contributed by atoms with Crippen LogP contribution in [0.2, 0.25) is 0 Å². The number of hydrogen-bond acceptors (Lipinski definition) is 5. The number of nitriles is 1. The van der Waals surface area contributed by atoms with Crippen molar-refractivity contribution < 1.29 is 36.2 Å². The first-order chi connectivity index (χ1) is 11.7. The summed E-state index contributed by atoms with van der Waals surface area (Å²) in [4.78, 5) is 14.7. The molecule has 2 heterocycles. The molecule has 3 rings (SSSR count). The third-order valence-corrected chi connectivity index (χ3v) is 3.17. The van der Waals surface area contributed by atoms with Crippen molar-refractivity contribution in [2.24, 2.45) is 0 Å². The lowest BCUT2D eigenvalue weighted by molar-refractivity contribution is -0.141. The maximum absolute atomic E-state index is 13.5. The Hall–Kier alpha value is -3.22. The molecule has 128 valence electrons. The van der Waals surface area contributed by atoms with E-state index in [2.05, 4.69) is 9.72 Å². The van der Waals surface area contributed by atoms with Gasteiger partial charge in [-0.05, 0) is 12.1 Å². The molecular weight excluding hydrogens is 351 g/mol. The van der Waals surface area contributed by atoms with E-state index < -0.39 is 46.9 Å². The SMILES string of the molecule is N#Cc1cc(F)cc(Oc2cnc(C(F)(F)F)c3c2OC(F)C3=O)c1. The molecule has 1 aliphatic heterocycles. The second kappa shape index (κ2) is 5.70. The van der Waals surface area contributed by atoms with E-state index >= 15 is 0 Å². The molecule has 1 aromatic carbocycles. The van der Waals surface area contributed by atoms with Gasteiger partial charge in [0.25, 0.3) is 0 Å². The molecule has 1 atom stereocenters. The number of nitrogens with zero attached hydrogens (tertiary/aromatic N) is 2. The Kier molecular flexibility index (Phi) is 3.79. The Balaban J connectivity index is 2.10. The van der Waals surface area contributed by atoms with Gasteiger partial charge in [-0.25, -0.2) is 9.37 Å². The van der Waals surface area contributed by atoms with Crippen molar-refractivity contribution in [3.8, 4) is 23.3 Å². The van der Waals surface area contributed by atoms with Gasteiger partial charge < -0.3 is 9.47 Å². The topological polar surface area (TPSA) is 72.2 Å². The Morgan fingerprint density at radius 3 is 2.64 bits per heavy atom. The predicted octanol–water partition coefficient (Wildman–Crippen LogP) is 3.77. The zero-order chi connectivity index (χ0) is 18.4. The molecule has 1 aromatic heterocycles. The summed E-state index contributed by atoms with van der Waals surface area (Å²) in [6.07, 6.45) is -7.08. The van der Waals surface area contributed by atoms with E-state index in [9.17, 15) is 26.7 Å². The minimum absolute atomic E-state index is 0.119. The molecule has 25 heavy (non-hydrogen) atoms. The molecule has 0 radical (unpaired) electrons. The van der Waals surface area contributed by atoms with E-state index in [1.54, 1.807) is 6.07 Å². The van der Waals surface area contributed by atoms with Crippen molar-refractivity contribution in [1.82, 2.24) is 4.98 Å².